The predicted octanol–water partition coefficient (Wildman–Crippen LogP) is 0.579. The van der Waals surface area contributed by atoms with Gasteiger partial charge in [0.05, 0.1) is 6.61 Å². The van der Waals surface area contributed by atoms with Crippen LogP contribution in [0.1, 0.15) is 23.8 Å². The third kappa shape index (κ3) is 3.35. The molecule has 104 valence electrons. The van der Waals surface area contributed by atoms with Gasteiger partial charge in [0.2, 0.25) is 0 Å². The fourth-order valence-corrected chi connectivity index (χ4v) is 2.25. The molecule has 0 radical (unpaired) electrons. The van der Waals surface area contributed by atoms with Crippen LogP contribution in [0.4, 0.5) is 0 Å². The van der Waals surface area contributed by atoms with Crippen molar-refractivity contribution in [1.29, 1.82) is 0 Å². The maximum Gasteiger partial charge on any atom is 0.270 e. The molecule has 0 aliphatic carbocycles. The predicted molar refractivity (Wildman–Crippen MR) is 69.2 cm³/mol. The molecule has 1 fully saturated rings. The number of rotatable bonds is 4. The second-order valence-electron chi connectivity index (χ2n) is 4.68. The molecule has 1 aliphatic rings. The van der Waals surface area contributed by atoms with Gasteiger partial charge in [-0.2, -0.15) is 0 Å². The average molecular weight is 266 g/mol. The number of carbonyl (C=O) groups is 1. The van der Waals surface area contributed by atoms with E-state index in [2.05, 4.69) is 4.98 Å². The van der Waals surface area contributed by atoms with Crippen LogP contribution >= 0.6 is 0 Å². The molecule has 0 spiro atoms. The standard InChI is InChI=1S/C13H18N2O4/c1-2-19-8-9-3-4-15(7-9)13(18)11-5-10(16)6-12(17)14-11/h5-6,9H,2-4,7-8H2,1H3,(H2,14,16,17)/t9-/m0/s1. The summed E-state index contributed by atoms with van der Waals surface area (Å²) in [6.45, 7) is 4.53. The van der Waals surface area contributed by atoms with E-state index in [-0.39, 0.29) is 17.4 Å². The zero-order chi connectivity index (χ0) is 13.8. The third-order valence-electron chi connectivity index (χ3n) is 3.19. The Morgan fingerprint density at radius 2 is 2.37 bits per heavy atom. The topological polar surface area (TPSA) is 82.6 Å². The van der Waals surface area contributed by atoms with Crippen molar-refractivity contribution in [3.8, 4) is 5.75 Å². The zero-order valence-corrected chi connectivity index (χ0v) is 10.9. The lowest BCUT2D eigenvalue weighted by atomic mass is 10.1. The monoisotopic (exact) mass is 266 g/mol. The smallest absolute Gasteiger partial charge is 0.270 e. The van der Waals surface area contributed by atoms with Gasteiger partial charge in [0, 0.05) is 37.7 Å². The van der Waals surface area contributed by atoms with E-state index in [1.807, 2.05) is 6.92 Å². The molecule has 2 heterocycles. The summed E-state index contributed by atoms with van der Waals surface area (Å²) in [6, 6.07) is 2.32. The first-order chi connectivity index (χ1) is 9.10. The number of aromatic hydroxyl groups is 1. The minimum absolute atomic E-state index is 0.127. The van der Waals surface area contributed by atoms with Gasteiger partial charge in [-0.25, -0.2) is 0 Å². The highest BCUT2D eigenvalue weighted by Crippen LogP contribution is 2.19. The largest absolute Gasteiger partial charge is 0.508 e. The maximum absolute atomic E-state index is 12.2. The minimum Gasteiger partial charge on any atom is -0.508 e. The van der Waals surface area contributed by atoms with Crippen molar-refractivity contribution in [3.63, 3.8) is 0 Å². The van der Waals surface area contributed by atoms with Gasteiger partial charge >= 0.3 is 0 Å². The molecule has 1 aromatic rings. The fraction of sp³-hybridized carbons (Fsp3) is 0.538. The van der Waals surface area contributed by atoms with E-state index in [1.165, 1.54) is 6.07 Å². The summed E-state index contributed by atoms with van der Waals surface area (Å²) >= 11 is 0. The highest BCUT2D eigenvalue weighted by Gasteiger charge is 2.27. The second-order valence-corrected chi connectivity index (χ2v) is 4.68. The molecule has 0 saturated carbocycles. The molecule has 0 unspecified atom stereocenters. The van der Waals surface area contributed by atoms with Gasteiger partial charge in [0.15, 0.2) is 0 Å². The first-order valence-corrected chi connectivity index (χ1v) is 6.40. The Labute approximate surface area is 111 Å². The normalized spacial score (nSPS) is 18.8. The Bertz CT molecular complexity index is 512. The van der Waals surface area contributed by atoms with E-state index in [9.17, 15) is 14.7 Å². The third-order valence-corrected chi connectivity index (χ3v) is 3.19. The van der Waals surface area contributed by atoms with E-state index >= 15 is 0 Å². The Balaban J connectivity index is 2.03. The number of amides is 1. The Hall–Kier alpha value is -1.82. The molecule has 0 aromatic carbocycles. The number of H-pyrrole nitrogens is 1. The van der Waals surface area contributed by atoms with Crippen LogP contribution in [0.5, 0.6) is 5.75 Å². The van der Waals surface area contributed by atoms with Crippen LogP contribution < -0.4 is 5.56 Å². The number of pyridine rings is 1. The minimum atomic E-state index is -0.478. The molecule has 1 aliphatic heterocycles. The number of aromatic nitrogens is 1. The summed E-state index contributed by atoms with van der Waals surface area (Å²) < 4.78 is 5.35. The number of ether oxygens (including phenoxy) is 1. The number of nitrogens with one attached hydrogen (secondary N) is 1. The number of aromatic amines is 1. The van der Waals surface area contributed by atoms with Crippen LogP contribution in [0.25, 0.3) is 0 Å². The molecular weight excluding hydrogens is 248 g/mol. The van der Waals surface area contributed by atoms with Crippen molar-refractivity contribution in [2.45, 2.75) is 13.3 Å². The second kappa shape index (κ2) is 5.88. The molecule has 2 rings (SSSR count). The summed E-state index contributed by atoms with van der Waals surface area (Å²) in [5.74, 6) is -0.114. The first-order valence-electron chi connectivity index (χ1n) is 6.40. The van der Waals surface area contributed by atoms with Crippen LogP contribution in [0.2, 0.25) is 0 Å². The van der Waals surface area contributed by atoms with Crippen LogP contribution in [-0.2, 0) is 4.74 Å². The van der Waals surface area contributed by atoms with Gasteiger partial charge < -0.3 is 19.7 Å². The summed E-state index contributed by atoms with van der Waals surface area (Å²) in [4.78, 5) is 27.5. The number of carbonyl (C=O) groups excluding carboxylic acids is 1. The van der Waals surface area contributed by atoms with Gasteiger partial charge in [-0.1, -0.05) is 0 Å². The van der Waals surface area contributed by atoms with Crippen LogP contribution in [0, 0.1) is 5.92 Å². The van der Waals surface area contributed by atoms with Gasteiger partial charge in [-0.3, -0.25) is 9.59 Å². The molecule has 6 nitrogen and oxygen atoms in total. The van der Waals surface area contributed by atoms with Gasteiger partial charge in [-0.15, -0.1) is 0 Å². The van der Waals surface area contributed by atoms with Gasteiger partial charge in [0.25, 0.3) is 11.5 Å². The summed E-state index contributed by atoms with van der Waals surface area (Å²) in [6.07, 6.45) is 0.898. The van der Waals surface area contributed by atoms with Crippen molar-refractivity contribution >= 4 is 5.91 Å². The molecule has 1 atom stereocenters. The number of hydrogen-bond acceptors (Lipinski definition) is 4. The summed E-state index contributed by atoms with van der Waals surface area (Å²) in [5.41, 5.74) is -0.351. The van der Waals surface area contributed by atoms with Crippen molar-refractivity contribution in [2.24, 2.45) is 5.92 Å². The Morgan fingerprint density at radius 3 is 3.05 bits per heavy atom. The van der Waals surface area contributed by atoms with E-state index in [0.29, 0.717) is 32.2 Å². The zero-order valence-electron chi connectivity index (χ0n) is 10.9. The average Bonchev–Trinajstić information content (AvgIpc) is 2.83. The lowest BCUT2D eigenvalue weighted by Crippen LogP contribution is -2.31. The summed E-state index contributed by atoms with van der Waals surface area (Å²) in [5, 5.41) is 9.34. The molecule has 6 heteroatoms. The van der Waals surface area contributed by atoms with Crippen molar-refractivity contribution in [2.75, 3.05) is 26.3 Å². The van der Waals surface area contributed by atoms with Crippen LogP contribution in [-0.4, -0.2) is 47.2 Å². The highest BCUT2D eigenvalue weighted by atomic mass is 16.5. The Morgan fingerprint density at radius 1 is 1.58 bits per heavy atom. The van der Waals surface area contributed by atoms with E-state index in [4.69, 9.17) is 4.74 Å². The molecule has 1 aromatic heterocycles. The summed E-state index contributed by atoms with van der Waals surface area (Å²) in [7, 11) is 0. The lowest BCUT2D eigenvalue weighted by molar-refractivity contribution is 0.0756. The van der Waals surface area contributed by atoms with Crippen molar-refractivity contribution in [3.05, 3.63) is 28.2 Å². The lowest BCUT2D eigenvalue weighted by Gasteiger charge is -2.16. The fourth-order valence-electron chi connectivity index (χ4n) is 2.25. The molecule has 19 heavy (non-hydrogen) atoms. The first kappa shape index (κ1) is 13.6. The van der Waals surface area contributed by atoms with Crippen LogP contribution in [0.3, 0.4) is 0 Å². The highest BCUT2D eigenvalue weighted by molar-refractivity contribution is 5.92. The SMILES string of the molecule is CCOC[C@H]1CCN(C(=O)c2cc(O)cc(=O)[nH]2)C1. The molecule has 1 amide bonds. The molecule has 2 N–H and O–H groups in total. The van der Waals surface area contributed by atoms with E-state index in [0.717, 1.165) is 12.5 Å². The number of likely N-dealkylation sites (tertiary alicyclic amines) is 1. The number of nitrogens with zero attached hydrogens (tertiary/aromatic N) is 1. The van der Waals surface area contributed by atoms with Gasteiger partial charge in [0.1, 0.15) is 11.4 Å². The van der Waals surface area contributed by atoms with E-state index in [1.54, 1.807) is 4.90 Å². The molecule has 1 saturated heterocycles. The number of hydrogen-bond donors (Lipinski definition) is 2. The van der Waals surface area contributed by atoms with Gasteiger partial charge in [-0.05, 0) is 13.3 Å². The molecule has 0 bridgehead atoms. The molecular formula is C13H18N2O4. The van der Waals surface area contributed by atoms with E-state index < -0.39 is 5.56 Å². The quantitative estimate of drug-likeness (QED) is 0.835. The van der Waals surface area contributed by atoms with Crippen molar-refractivity contribution < 1.29 is 14.6 Å². The van der Waals surface area contributed by atoms with Crippen LogP contribution in [0.15, 0.2) is 16.9 Å². The van der Waals surface area contributed by atoms with Crippen molar-refractivity contribution in [1.82, 2.24) is 9.88 Å². The maximum atomic E-state index is 12.2. The Kier molecular flexibility index (Phi) is 4.21.